The lowest BCUT2D eigenvalue weighted by Gasteiger charge is -2.08. The number of nitrogens with one attached hydrogen (secondary N) is 3. The molecule has 0 saturated heterocycles. The number of hydrogen-bond donors (Lipinski definition) is 3. The van der Waals surface area contributed by atoms with Crippen molar-refractivity contribution >= 4 is 29.1 Å². The Morgan fingerprint density at radius 1 is 0.960 bits per heavy atom. The summed E-state index contributed by atoms with van der Waals surface area (Å²) in [6, 6.07) is 9.70. The van der Waals surface area contributed by atoms with Crippen LogP contribution in [0.2, 0.25) is 0 Å². The van der Waals surface area contributed by atoms with Crippen LogP contribution >= 0.6 is 0 Å². The fourth-order valence-corrected chi connectivity index (χ4v) is 2.07. The van der Waals surface area contributed by atoms with Gasteiger partial charge in [0.1, 0.15) is 5.69 Å². The van der Waals surface area contributed by atoms with Crippen molar-refractivity contribution in [1.29, 1.82) is 0 Å². The Kier molecular flexibility index (Phi) is 6.22. The molecule has 130 valence electrons. The highest BCUT2D eigenvalue weighted by Gasteiger charge is 2.12. The lowest BCUT2D eigenvalue weighted by molar-refractivity contribution is -0.114. The molecule has 0 aliphatic carbocycles. The largest absolute Gasteiger partial charge is 0.352 e. The van der Waals surface area contributed by atoms with Crippen LogP contribution in [0.25, 0.3) is 0 Å². The molecule has 0 saturated carbocycles. The number of carbonyl (C=O) groups excluding carboxylic acids is 3. The Balaban J connectivity index is 2.05. The van der Waals surface area contributed by atoms with Crippen molar-refractivity contribution in [2.24, 2.45) is 0 Å². The van der Waals surface area contributed by atoms with E-state index < -0.39 is 5.91 Å². The van der Waals surface area contributed by atoms with E-state index in [1.807, 2.05) is 6.92 Å². The van der Waals surface area contributed by atoms with Gasteiger partial charge in [-0.3, -0.25) is 19.4 Å². The van der Waals surface area contributed by atoms with Gasteiger partial charge in [-0.25, -0.2) is 0 Å². The fourth-order valence-electron chi connectivity index (χ4n) is 2.07. The molecule has 0 radical (unpaired) electrons. The van der Waals surface area contributed by atoms with E-state index in [-0.39, 0.29) is 17.5 Å². The predicted octanol–water partition coefficient (Wildman–Crippen LogP) is 2.43. The second-order valence-electron chi connectivity index (χ2n) is 5.40. The van der Waals surface area contributed by atoms with E-state index in [1.54, 1.807) is 30.3 Å². The van der Waals surface area contributed by atoms with Gasteiger partial charge in [0.2, 0.25) is 5.91 Å². The van der Waals surface area contributed by atoms with Crippen molar-refractivity contribution in [3.05, 3.63) is 53.9 Å². The number of hydrogen-bond acceptors (Lipinski definition) is 4. The monoisotopic (exact) mass is 340 g/mol. The van der Waals surface area contributed by atoms with Crippen LogP contribution in [0.15, 0.2) is 42.6 Å². The Labute approximate surface area is 145 Å². The first kappa shape index (κ1) is 18.1. The average molecular weight is 340 g/mol. The van der Waals surface area contributed by atoms with E-state index in [4.69, 9.17) is 0 Å². The molecule has 0 bridgehead atoms. The topological polar surface area (TPSA) is 100 Å². The van der Waals surface area contributed by atoms with Crippen molar-refractivity contribution in [2.45, 2.75) is 20.3 Å². The molecule has 25 heavy (non-hydrogen) atoms. The first-order valence-corrected chi connectivity index (χ1v) is 7.93. The SMILES string of the molecule is CCCNC(=O)c1ccnc(C(=O)Nc2ccc(NC(C)=O)cc2)c1. The zero-order valence-electron chi connectivity index (χ0n) is 14.1. The first-order valence-electron chi connectivity index (χ1n) is 7.93. The number of amides is 3. The Morgan fingerprint density at radius 3 is 2.20 bits per heavy atom. The highest BCUT2D eigenvalue weighted by atomic mass is 16.2. The summed E-state index contributed by atoms with van der Waals surface area (Å²) in [4.78, 5) is 39.2. The van der Waals surface area contributed by atoms with Gasteiger partial charge in [-0.1, -0.05) is 6.92 Å². The molecule has 2 rings (SSSR count). The van der Waals surface area contributed by atoms with Crippen LogP contribution in [0.1, 0.15) is 41.1 Å². The van der Waals surface area contributed by atoms with Gasteiger partial charge >= 0.3 is 0 Å². The van der Waals surface area contributed by atoms with E-state index in [2.05, 4.69) is 20.9 Å². The van der Waals surface area contributed by atoms with Crippen molar-refractivity contribution in [2.75, 3.05) is 17.2 Å². The van der Waals surface area contributed by atoms with Crippen LogP contribution < -0.4 is 16.0 Å². The van der Waals surface area contributed by atoms with Crippen molar-refractivity contribution in [3.63, 3.8) is 0 Å². The summed E-state index contributed by atoms with van der Waals surface area (Å²) in [5.41, 5.74) is 1.73. The Bertz CT molecular complexity index is 772. The predicted molar refractivity (Wildman–Crippen MR) is 95.6 cm³/mol. The summed E-state index contributed by atoms with van der Waals surface area (Å²) >= 11 is 0. The van der Waals surface area contributed by atoms with Gasteiger partial charge in [-0.05, 0) is 42.8 Å². The smallest absolute Gasteiger partial charge is 0.274 e. The van der Waals surface area contributed by atoms with Crippen LogP contribution in [-0.2, 0) is 4.79 Å². The number of carbonyl (C=O) groups is 3. The summed E-state index contributed by atoms with van der Waals surface area (Å²) in [6.07, 6.45) is 2.26. The highest BCUT2D eigenvalue weighted by molar-refractivity contribution is 6.04. The molecule has 0 unspecified atom stereocenters. The molecule has 0 spiro atoms. The number of aromatic nitrogens is 1. The fraction of sp³-hybridized carbons (Fsp3) is 0.222. The Morgan fingerprint density at radius 2 is 1.60 bits per heavy atom. The number of nitrogens with zero attached hydrogens (tertiary/aromatic N) is 1. The zero-order chi connectivity index (χ0) is 18.2. The second-order valence-corrected chi connectivity index (χ2v) is 5.40. The van der Waals surface area contributed by atoms with Gasteiger partial charge in [-0.2, -0.15) is 0 Å². The zero-order valence-corrected chi connectivity index (χ0v) is 14.1. The molecule has 0 aliphatic heterocycles. The molecule has 0 aliphatic rings. The van der Waals surface area contributed by atoms with Crippen molar-refractivity contribution in [3.8, 4) is 0 Å². The van der Waals surface area contributed by atoms with Crippen LogP contribution in [0.3, 0.4) is 0 Å². The van der Waals surface area contributed by atoms with Crippen LogP contribution in [-0.4, -0.2) is 29.3 Å². The van der Waals surface area contributed by atoms with Gasteiger partial charge in [0.05, 0.1) is 0 Å². The minimum absolute atomic E-state index is 0.148. The number of rotatable bonds is 6. The normalized spacial score (nSPS) is 10.0. The van der Waals surface area contributed by atoms with E-state index in [1.165, 1.54) is 19.2 Å². The standard InChI is InChI=1S/C18H20N4O3/c1-3-9-20-17(24)13-8-10-19-16(11-13)18(25)22-15-6-4-14(5-7-15)21-12(2)23/h4-8,10-11H,3,9H2,1-2H3,(H,20,24)(H,21,23)(H,22,25). The summed E-state index contributed by atoms with van der Waals surface area (Å²) < 4.78 is 0. The summed E-state index contributed by atoms with van der Waals surface area (Å²) in [7, 11) is 0. The molecule has 0 fully saturated rings. The van der Waals surface area contributed by atoms with Crippen molar-refractivity contribution in [1.82, 2.24) is 10.3 Å². The summed E-state index contributed by atoms with van der Waals surface area (Å²) in [5.74, 6) is -0.825. The third-order valence-corrected chi connectivity index (χ3v) is 3.25. The summed E-state index contributed by atoms with van der Waals surface area (Å²) in [5, 5.41) is 8.10. The molecule has 3 N–H and O–H groups in total. The Hall–Kier alpha value is -3.22. The molecular weight excluding hydrogens is 320 g/mol. The van der Waals surface area contributed by atoms with Crippen LogP contribution in [0, 0.1) is 0 Å². The molecule has 7 nitrogen and oxygen atoms in total. The molecular formula is C18H20N4O3. The maximum atomic E-state index is 12.3. The minimum Gasteiger partial charge on any atom is -0.352 e. The third kappa shape index (κ3) is 5.42. The lowest BCUT2D eigenvalue weighted by atomic mass is 10.2. The van der Waals surface area contributed by atoms with E-state index in [9.17, 15) is 14.4 Å². The maximum Gasteiger partial charge on any atom is 0.274 e. The number of anilines is 2. The van der Waals surface area contributed by atoms with Crippen LogP contribution in [0.5, 0.6) is 0 Å². The quantitative estimate of drug-likeness (QED) is 0.752. The maximum absolute atomic E-state index is 12.3. The molecule has 1 aromatic carbocycles. The van der Waals surface area contributed by atoms with E-state index in [0.717, 1.165) is 6.42 Å². The minimum atomic E-state index is -0.419. The summed E-state index contributed by atoms with van der Waals surface area (Å²) in [6.45, 7) is 3.96. The molecule has 7 heteroatoms. The van der Waals surface area contributed by atoms with Gasteiger partial charge in [-0.15, -0.1) is 0 Å². The molecule has 0 atom stereocenters. The number of benzene rings is 1. The van der Waals surface area contributed by atoms with Gasteiger partial charge in [0.25, 0.3) is 11.8 Å². The first-order chi connectivity index (χ1) is 12.0. The van der Waals surface area contributed by atoms with Gasteiger partial charge in [0.15, 0.2) is 0 Å². The lowest BCUT2D eigenvalue weighted by Crippen LogP contribution is -2.24. The van der Waals surface area contributed by atoms with E-state index >= 15 is 0 Å². The average Bonchev–Trinajstić information content (AvgIpc) is 2.61. The van der Waals surface area contributed by atoms with E-state index in [0.29, 0.717) is 23.5 Å². The highest BCUT2D eigenvalue weighted by Crippen LogP contribution is 2.14. The number of pyridine rings is 1. The van der Waals surface area contributed by atoms with Crippen molar-refractivity contribution < 1.29 is 14.4 Å². The van der Waals surface area contributed by atoms with Crippen LogP contribution in [0.4, 0.5) is 11.4 Å². The molecule has 1 aromatic heterocycles. The molecule has 2 aromatic rings. The molecule has 1 heterocycles. The molecule has 3 amide bonds. The van der Waals surface area contributed by atoms with Gasteiger partial charge < -0.3 is 16.0 Å². The second kappa shape index (κ2) is 8.58. The van der Waals surface area contributed by atoms with Gasteiger partial charge in [0, 0.05) is 36.6 Å². The third-order valence-electron chi connectivity index (χ3n) is 3.25.